The minimum atomic E-state index is -0.115. The number of nitrogens with one attached hydrogen (secondary N) is 1. The quantitative estimate of drug-likeness (QED) is 0.619. The molecule has 1 saturated carbocycles. The number of nitrogens with zero attached hydrogens (tertiary/aromatic N) is 4. The van der Waals surface area contributed by atoms with Crippen LogP contribution in [0.15, 0.2) is 27.8 Å². The molecule has 1 aliphatic rings. The zero-order chi connectivity index (χ0) is 14.8. The molecule has 0 atom stereocenters. The molecule has 2 aromatic rings. The van der Waals surface area contributed by atoms with E-state index in [-0.39, 0.29) is 11.7 Å². The summed E-state index contributed by atoms with van der Waals surface area (Å²) in [5, 5.41) is 15.1. The summed E-state index contributed by atoms with van der Waals surface area (Å²) in [6, 6.07) is 5.64. The molecule has 0 aliphatic heterocycles. The van der Waals surface area contributed by atoms with Crippen molar-refractivity contribution < 1.29 is 4.79 Å². The second kappa shape index (κ2) is 6.02. The molecule has 1 aromatic heterocycles. The molecular formula is C12H13BrN6OS. The molecule has 1 heterocycles. The van der Waals surface area contributed by atoms with Gasteiger partial charge in [-0.2, -0.15) is 0 Å². The largest absolute Gasteiger partial charge is 0.399 e. The number of tetrazole rings is 1. The number of halogens is 1. The van der Waals surface area contributed by atoms with Crippen molar-refractivity contribution in [1.29, 1.82) is 0 Å². The standard InChI is InChI=1S/C12H13BrN6OS/c13-9-5-7(14)1-4-10(9)15-11(20)6-21-12-16-17-18-19(12)8-2-3-8/h1,4-5,8H,2-3,6,14H2,(H,15,20). The normalized spacial score (nSPS) is 14.1. The van der Waals surface area contributed by atoms with E-state index in [0.717, 1.165) is 17.3 Å². The average molecular weight is 369 g/mol. The van der Waals surface area contributed by atoms with Gasteiger partial charge in [0.25, 0.3) is 0 Å². The van der Waals surface area contributed by atoms with Crippen LogP contribution in [0.4, 0.5) is 11.4 Å². The third-order valence-electron chi connectivity index (χ3n) is 2.95. The predicted molar refractivity (Wildman–Crippen MR) is 84.0 cm³/mol. The second-order valence-corrected chi connectivity index (χ2v) is 6.51. The van der Waals surface area contributed by atoms with E-state index in [1.54, 1.807) is 22.9 Å². The Hall–Kier alpha value is -1.61. The monoisotopic (exact) mass is 368 g/mol. The summed E-state index contributed by atoms with van der Waals surface area (Å²) in [6.45, 7) is 0. The van der Waals surface area contributed by atoms with Crippen molar-refractivity contribution in [1.82, 2.24) is 20.2 Å². The van der Waals surface area contributed by atoms with Crippen LogP contribution in [0.3, 0.4) is 0 Å². The molecule has 3 N–H and O–H groups in total. The number of anilines is 2. The number of hydrogen-bond acceptors (Lipinski definition) is 6. The summed E-state index contributed by atoms with van der Waals surface area (Å²) in [6.07, 6.45) is 2.20. The molecule has 0 bridgehead atoms. The Morgan fingerprint density at radius 1 is 1.52 bits per heavy atom. The lowest BCUT2D eigenvalue weighted by molar-refractivity contribution is -0.113. The first-order chi connectivity index (χ1) is 10.1. The van der Waals surface area contributed by atoms with E-state index in [9.17, 15) is 4.79 Å². The van der Waals surface area contributed by atoms with E-state index in [0.29, 0.717) is 22.6 Å². The maximum atomic E-state index is 12.0. The molecule has 1 aliphatic carbocycles. The minimum Gasteiger partial charge on any atom is -0.399 e. The van der Waals surface area contributed by atoms with Crippen LogP contribution in [0.5, 0.6) is 0 Å². The van der Waals surface area contributed by atoms with E-state index >= 15 is 0 Å². The van der Waals surface area contributed by atoms with Gasteiger partial charge in [-0.1, -0.05) is 11.8 Å². The summed E-state index contributed by atoms with van der Waals surface area (Å²) in [7, 11) is 0. The number of benzene rings is 1. The molecule has 9 heteroatoms. The van der Waals surface area contributed by atoms with Crippen LogP contribution in [-0.4, -0.2) is 31.9 Å². The maximum absolute atomic E-state index is 12.0. The van der Waals surface area contributed by atoms with Crippen molar-refractivity contribution in [2.45, 2.75) is 24.0 Å². The summed E-state index contributed by atoms with van der Waals surface area (Å²) in [5.74, 6) is 0.139. The number of amides is 1. The van der Waals surface area contributed by atoms with Crippen LogP contribution in [0, 0.1) is 0 Å². The highest BCUT2D eigenvalue weighted by Gasteiger charge is 2.28. The van der Waals surface area contributed by atoms with Crippen LogP contribution < -0.4 is 11.1 Å². The molecule has 1 fully saturated rings. The van der Waals surface area contributed by atoms with Crippen LogP contribution in [0.1, 0.15) is 18.9 Å². The Balaban J connectivity index is 1.57. The van der Waals surface area contributed by atoms with Gasteiger partial charge >= 0.3 is 0 Å². The van der Waals surface area contributed by atoms with Crippen LogP contribution in [-0.2, 0) is 4.79 Å². The summed E-state index contributed by atoms with van der Waals surface area (Å²) >= 11 is 4.70. The number of nitrogens with two attached hydrogens (primary N) is 1. The molecule has 7 nitrogen and oxygen atoms in total. The van der Waals surface area contributed by atoms with Gasteiger partial charge in [-0.15, -0.1) is 5.10 Å². The zero-order valence-corrected chi connectivity index (χ0v) is 13.4. The minimum absolute atomic E-state index is 0.115. The molecule has 110 valence electrons. The number of carbonyl (C=O) groups excluding carboxylic acids is 1. The van der Waals surface area contributed by atoms with Crippen LogP contribution in [0.2, 0.25) is 0 Å². The first kappa shape index (κ1) is 14.3. The molecule has 0 unspecified atom stereocenters. The molecule has 1 amide bonds. The number of thioether (sulfide) groups is 1. The Morgan fingerprint density at radius 2 is 2.33 bits per heavy atom. The lowest BCUT2D eigenvalue weighted by Gasteiger charge is -2.07. The SMILES string of the molecule is Nc1ccc(NC(=O)CSc2nnnn2C2CC2)c(Br)c1. The average Bonchev–Trinajstić information content (AvgIpc) is 3.18. The van der Waals surface area contributed by atoms with Crippen molar-refractivity contribution >= 4 is 45.0 Å². The number of carbonyl (C=O) groups is 1. The van der Waals surface area contributed by atoms with E-state index in [1.165, 1.54) is 11.8 Å². The molecule has 0 radical (unpaired) electrons. The van der Waals surface area contributed by atoms with Gasteiger partial charge in [0, 0.05) is 10.2 Å². The Labute approximate surface area is 133 Å². The number of hydrogen-bond donors (Lipinski definition) is 2. The summed E-state index contributed by atoms with van der Waals surface area (Å²) in [4.78, 5) is 12.0. The Kier molecular flexibility index (Phi) is 4.11. The molecule has 0 spiro atoms. The fourth-order valence-corrected chi connectivity index (χ4v) is 3.02. The third-order valence-corrected chi connectivity index (χ3v) is 4.54. The van der Waals surface area contributed by atoms with Gasteiger partial charge in [0.2, 0.25) is 11.1 Å². The molecular weight excluding hydrogens is 356 g/mol. The lowest BCUT2D eigenvalue weighted by Crippen LogP contribution is -2.15. The van der Waals surface area contributed by atoms with Gasteiger partial charge in [-0.05, 0) is 57.4 Å². The smallest absolute Gasteiger partial charge is 0.234 e. The van der Waals surface area contributed by atoms with Gasteiger partial charge in [-0.3, -0.25) is 4.79 Å². The Bertz CT molecular complexity index is 672. The van der Waals surface area contributed by atoms with Gasteiger partial charge < -0.3 is 11.1 Å². The van der Waals surface area contributed by atoms with Gasteiger partial charge in [-0.25, -0.2) is 4.68 Å². The third kappa shape index (κ3) is 3.53. The van der Waals surface area contributed by atoms with Crippen molar-refractivity contribution in [3.05, 3.63) is 22.7 Å². The van der Waals surface area contributed by atoms with E-state index in [4.69, 9.17) is 5.73 Å². The van der Waals surface area contributed by atoms with E-state index < -0.39 is 0 Å². The predicted octanol–water partition coefficient (Wildman–Crippen LogP) is 2.08. The molecule has 1 aromatic carbocycles. The number of nitrogen functional groups attached to an aromatic ring is 1. The second-order valence-electron chi connectivity index (χ2n) is 4.71. The molecule has 21 heavy (non-hydrogen) atoms. The van der Waals surface area contributed by atoms with Crippen molar-refractivity contribution in [3.8, 4) is 0 Å². The van der Waals surface area contributed by atoms with Gasteiger partial charge in [0.15, 0.2) is 0 Å². The van der Waals surface area contributed by atoms with Gasteiger partial charge in [0.05, 0.1) is 17.5 Å². The topological polar surface area (TPSA) is 98.7 Å². The number of rotatable bonds is 5. The maximum Gasteiger partial charge on any atom is 0.234 e. The van der Waals surface area contributed by atoms with Gasteiger partial charge in [0.1, 0.15) is 0 Å². The molecule has 3 rings (SSSR count). The first-order valence-electron chi connectivity index (χ1n) is 6.39. The van der Waals surface area contributed by atoms with Crippen molar-refractivity contribution in [2.24, 2.45) is 0 Å². The zero-order valence-electron chi connectivity index (χ0n) is 11.0. The summed E-state index contributed by atoms with van der Waals surface area (Å²) < 4.78 is 2.54. The van der Waals surface area contributed by atoms with Crippen LogP contribution in [0.25, 0.3) is 0 Å². The highest BCUT2D eigenvalue weighted by atomic mass is 79.9. The van der Waals surface area contributed by atoms with Crippen molar-refractivity contribution in [3.63, 3.8) is 0 Å². The summed E-state index contributed by atoms with van der Waals surface area (Å²) in [5.41, 5.74) is 6.99. The highest BCUT2D eigenvalue weighted by Crippen LogP contribution is 2.36. The lowest BCUT2D eigenvalue weighted by atomic mass is 10.3. The fraction of sp³-hybridized carbons (Fsp3) is 0.333. The number of aromatic nitrogens is 4. The fourth-order valence-electron chi connectivity index (χ4n) is 1.78. The first-order valence-corrected chi connectivity index (χ1v) is 8.17. The van der Waals surface area contributed by atoms with E-state index in [1.807, 2.05) is 0 Å². The Morgan fingerprint density at radius 3 is 3.05 bits per heavy atom. The van der Waals surface area contributed by atoms with Crippen LogP contribution >= 0.6 is 27.7 Å². The van der Waals surface area contributed by atoms with Crippen molar-refractivity contribution in [2.75, 3.05) is 16.8 Å². The van der Waals surface area contributed by atoms with E-state index in [2.05, 4.69) is 36.8 Å². The molecule has 0 saturated heterocycles. The highest BCUT2D eigenvalue weighted by molar-refractivity contribution is 9.10.